The summed E-state index contributed by atoms with van der Waals surface area (Å²) < 4.78 is 56.8. The molecule has 6 aromatic carbocycles. The van der Waals surface area contributed by atoms with Gasteiger partial charge >= 0.3 is 23.9 Å². The molecule has 0 bridgehead atoms. The van der Waals surface area contributed by atoms with Gasteiger partial charge in [0.25, 0.3) is 0 Å². The molecule has 12 rings (SSSR count). The van der Waals surface area contributed by atoms with Gasteiger partial charge in [-0.05, 0) is 126 Å². The molecule has 4 N–H and O–H groups in total. The highest BCUT2D eigenvalue weighted by molar-refractivity contribution is 5.94. The predicted octanol–water partition coefficient (Wildman–Crippen LogP) is 11.2. The number of hydrazone groups is 1. The SMILES string of the molecule is O=C(O)C1=CC2C(C=C1)C=NN2Cc1ccc(F)cc1.O=C(O)c1ccc2cn(Cc3ccc(F)cc3)nc2c1.O=C(O)c1ccc2nn(CCc3ccc(F)cc3)cc2c1.O=C(O)c1cnc2c(ccn2Cc2ccc(F)cc2)c1. The van der Waals surface area contributed by atoms with Gasteiger partial charge in [-0.1, -0.05) is 66.7 Å². The monoisotopic (exact) mass is 1100 g/mol. The summed E-state index contributed by atoms with van der Waals surface area (Å²) in [5, 5.41) is 53.2. The van der Waals surface area contributed by atoms with Crippen LogP contribution in [0.15, 0.2) is 199 Å². The fourth-order valence-corrected chi connectivity index (χ4v) is 8.79. The van der Waals surface area contributed by atoms with Crippen LogP contribution >= 0.6 is 0 Å². The zero-order valence-corrected chi connectivity index (χ0v) is 42.7. The molecule has 1 aliphatic heterocycles. The largest absolute Gasteiger partial charge is 0.478 e. The van der Waals surface area contributed by atoms with E-state index in [2.05, 4.69) is 20.3 Å². The number of rotatable bonds is 13. The zero-order chi connectivity index (χ0) is 57.2. The van der Waals surface area contributed by atoms with Crippen molar-refractivity contribution in [3.63, 3.8) is 0 Å². The number of aromatic nitrogens is 6. The van der Waals surface area contributed by atoms with E-state index in [-0.39, 0.29) is 57.5 Å². The molecule has 2 aliphatic rings. The van der Waals surface area contributed by atoms with Gasteiger partial charge in [-0.3, -0.25) is 14.4 Å². The van der Waals surface area contributed by atoms with E-state index < -0.39 is 23.9 Å². The number of pyridine rings is 1. The molecule has 5 heterocycles. The molecule has 0 radical (unpaired) electrons. The minimum absolute atomic E-state index is 0.0869. The Kier molecular flexibility index (Phi) is 17.0. The summed E-state index contributed by atoms with van der Waals surface area (Å²) in [7, 11) is 0. The van der Waals surface area contributed by atoms with Gasteiger partial charge in [0.1, 0.15) is 28.9 Å². The van der Waals surface area contributed by atoms with Crippen molar-refractivity contribution < 1.29 is 57.2 Å². The van der Waals surface area contributed by atoms with Crippen molar-refractivity contribution in [1.29, 1.82) is 0 Å². The molecule has 0 saturated heterocycles. The molecule has 0 spiro atoms. The Hall–Kier alpha value is -10.5. The summed E-state index contributed by atoms with van der Waals surface area (Å²) in [6.45, 7) is 2.25. The third-order valence-corrected chi connectivity index (χ3v) is 13.0. The van der Waals surface area contributed by atoms with Crippen molar-refractivity contribution in [2.75, 3.05) is 0 Å². The molecule has 2 atom stereocenters. The summed E-state index contributed by atoms with van der Waals surface area (Å²) in [6, 6.07) is 38.1. The van der Waals surface area contributed by atoms with E-state index in [4.69, 9.17) is 20.4 Å². The van der Waals surface area contributed by atoms with E-state index in [1.807, 2.05) is 40.3 Å². The number of carboxylic acid groups (broad SMARTS) is 4. The van der Waals surface area contributed by atoms with E-state index in [0.717, 1.165) is 50.4 Å². The lowest BCUT2D eigenvalue weighted by molar-refractivity contribution is -0.132. The Balaban J connectivity index is 0.000000130. The second-order valence-corrected chi connectivity index (χ2v) is 18.7. The lowest BCUT2D eigenvalue weighted by Crippen LogP contribution is -2.31. The molecule has 16 nitrogen and oxygen atoms in total. The molecular weight excluding hydrogens is 1050 g/mol. The Labute approximate surface area is 458 Å². The summed E-state index contributed by atoms with van der Waals surface area (Å²) >= 11 is 0. The molecule has 2 unspecified atom stereocenters. The maximum atomic E-state index is 12.9. The number of aliphatic carboxylic acids is 1. The first-order valence-electron chi connectivity index (χ1n) is 25.0. The molecular formula is C61H48F4N8O8. The first kappa shape index (κ1) is 55.3. The summed E-state index contributed by atoms with van der Waals surface area (Å²) in [5.41, 5.74) is 6.85. The summed E-state index contributed by atoms with van der Waals surface area (Å²) in [6.07, 6.45) is 14.6. The number of aromatic carboxylic acids is 3. The number of benzene rings is 6. The number of nitrogens with zero attached hydrogens (tertiary/aromatic N) is 8. The zero-order valence-electron chi connectivity index (χ0n) is 42.7. The first-order valence-corrected chi connectivity index (χ1v) is 25.0. The van der Waals surface area contributed by atoms with E-state index >= 15 is 0 Å². The fraction of sp³-hybridized carbons (Fsp3) is 0.115. The van der Waals surface area contributed by atoms with E-state index in [9.17, 15) is 36.7 Å². The second-order valence-electron chi connectivity index (χ2n) is 18.7. The minimum atomic E-state index is -0.995. The van der Waals surface area contributed by atoms with Crippen LogP contribution in [0.25, 0.3) is 32.8 Å². The van der Waals surface area contributed by atoms with E-state index in [1.54, 1.807) is 119 Å². The van der Waals surface area contributed by atoms with Crippen molar-refractivity contribution in [3.05, 3.63) is 256 Å². The fourth-order valence-electron chi connectivity index (χ4n) is 8.79. The quantitative estimate of drug-likeness (QED) is 0.0793. The Morgan fingerprint density at radius 2 is 1.04 bits per heavy atom. The topological polar surface area (TPSA) is 218 Å². The maximum Gasteiger partial charge on any atom is 0.337 e. The number of hydrogen-bond donors (Lipinski definition) is 4. The van der Waals surface area contributed by atoms with Gasteiger partial charge in [-0.15, -0.1) is 0 Å². The third-order valence-electron chi connectivity index (χ3n) is 13.0. The molecule has 81 heavy (non-hydrogen) atoms. The number of halogens is 4. The number of hydrogen-bond acceptors (Lipinski definition) is 9. The van der Waals surface area contributed by atoms with Gasteiger partial charge in [-0.2, -0.15) is 15.3 Å². The molecule has 1 aliphatic carbocycles. The third kappa shape index (κ3) is 14.4. The van der Waals surface area contributed by atoms with Crippen LogP contribution in [0.5, 0.6) is 0 Å². The van der Waals surface area contributed by atoms with Crippen LogP contribution in [0, 0.1) is 29.2 Å². The van der Waals surface area contributed by atoms with Crippen molar-refractivity contribution >= 4 is 62.9 Å². The summed E-state index contributed by atoms with van der Waals surface area (Å²) in [5.74, 6) is -4.82. The number of aryl methyl sites for hydroxylation is 2. The average Bonchev–Trinajstić information content (AvgIpc) is 4.47. The van der Waals surface area contributed by atoms with Crippen molar-refractivity contribution in [2.24, 2.45) is 11.0 Å². The van der Waals surface area contributed by atoms with Crippen molar-refractivity contribution in [2.45, 2.75) is 38.6 Å². The second kappa shape index (κ2) is 24.9. The van der Waals surface area contributed by atoms with Gasteiger partial charge in [0, 0.05) is 66.2 Å². The highest BCUT2D eigenvalue weighted by atomic mass is 19.1. The van der Waals surface area contributed by atoms with E-state index in [0.29, 0.717) is 37.3 Å². The Morgan fingerprint density at radius 1 is 0.506 bits per heavy atom. The van der Waals surface area contributed by atoms with Crippen LogP contribution in [0.4, 0.5) is 17.6 Å². The number of carboxylic acids is 4. The van der Waals surface area contributed by atoms with Gasteiger partial charge in [0.15, 0.2) is 0 Å². The van der Waals surface area contributed by atoms with Crippen molar-refractivity contribution in [1.82, 2.24) is 34.1 Å². The van der Waals surface area contributed by atoms with Gasteiger partial charge in [-0.25, -0.2) is 41.7 Å². The van der Waals surface area contributed by atoms with Crippen LogP contribution in [0.3, 0.4) is 0 Å². The van der Waals surface area contributed by atoms with Crippen LogP contribution in [0.2, 0.25) is 0 Å². The molecule has 0 amide bonds. The van der Waals surface area contributed by atoms with Crippen LogP contribution in [-0.4, -0.2) is 90.7 Å². The molecule has 0 fully saturated rings. The minimum Gasteiger partial charge on any atom is -0.478 e. The Morgan fingerprint density at radius 3 is 1.64 bits per heavy atom. The average molecular weight is 1100 g/mol. The molecule has 10 aromatic rings. The van der Waals surface area contributed by atoms with Crippen molar-refractivity contribution in [3.8, 4) is 0 Å². The molecule has 4 aromatic heterocycles. The van der Waals surface area contributed by atoms with Gasteiger partial charge in [0.05, 0.1) is 52.4 Å². The predicted molar refractivity (Wildman–Crippen MR) is 294 cm³/mol. The highest BCUT2D eigenvalue weighted by Crippen LogP contribution is 2.28. The maximum absolute atomic E-state index is 12.9. The first-order chi connectivity index (χ1) is 39.0. The van der Waals surface area contributed by atoms with Crippen LogP contribution in [-0.2, 0) is 37.4 Å². The van der Waals surface area contributed by atoms with Gasteiger partial charge in [0.2, 0.25) is 0 Å². The highest BCUT2D eigenvalue weighted by Gasteiger charge is 2.31. The molecule has 20 heteroatoms. The van der Waals surface area contributed by atoms with Gasteiger partial charge < -0.3 is 25.0 Å². The lowest BCUT2D eigenvalue weighted by atomic mass is 9.93. The Bertz CT molecular complexity index is 3990. The number of carbonyl (C=O) groups is 4. The smallest absolute Gasteiger partial charge is 0.337 e. The standard InChI is InChI=1S/C16H13FN2O2.C15H13FN2O2.2C15H11FN2O2/c17-14-4-1-11(2-5-14)7-8-19-10-13-9-12(16(20)21)3-6-15(13)18-19;16-13-5-1-10(2-6-13)9-18-14-7-11(15(19)20)3-4-12(14)8-17-18;16-13-5-1-10(2-6-13)8-18-9-12-4-3-11(15(19)20)7-14(12)17-18;16-13-3-1-10(2-4-13)9-18-6-5-11-7-12(15(19)20)8-17-14(11)18/h1-6,9-10H,7-8H2,(H,20,21);1-8,12,14H,9H2,(H,19,20);1-7,9H,8H2,(H,19,20);1-8H,9H2,(H,19,20). The summed E-state index contributed by atoms with van der Waals surface area (Å²) in [4.78, 5) is 47.9. The number of fused-ring (bicyclic) bond motifs is 4. The molecule has 408 valence electrons. The van der Waals surface area contributed by atoms with E-state index in [1.165, 1.54) is 54.7 Å². The van der Waals surface area contributed by atoms with Crippen LogP contribution in [0.1, 0.15) is 53.3 Å². The normalized spacial score (nSPS) is 14.0. The lowest BCUT2D eigenvalue weighted by Gasteiger charge is -2.26. The molecule has 0 saturated carbocycles. The van der Waals surface area contributed by atoms with Crippen LogP contribution < -0.4 is 0 Å².